The summed E-state index contributed by atoms with van der Waals surface area (Å²) in [5.74, 6) is 0. The molecule has 4 heteroatoms. The number of hydrogen-bond donors (Lipinski definition) is 2. The quantitative estimate of drug-likeness (QED) is 0.512. The van der Waals surface area contributed by atoms with E-state index in [-0.39, 0.29) is 11.6 Å². The lowest BCUT2D eigenvalue weighted by Gasteiger charge is -2.17. The van der Waals surface area contributed by atoms with Crippen molar-refractivity contribution < 1.29 is 0 Å². The molecule has 0 amide bonds. The minimum atomic E-state index is -0.0304. The highest BCUT2D eigenvalue weighted by atomic mass is 16.1. The van der Waals surface area contributed by atoms with Crippen LogP contribution < -0.4 is 16.6 Å². The van der Waals surface area contributed by atoms with Crippen molar-refractivity contribution in [2.75, 3.05) is 6.54 Å². The fourth-order valence-corrected chi connectivity index (χ4v) is 3.57. The summed E-state index contributed by atoms with van der Waals surface area (Å²) in [5.41, 5.74) is 9.29. The van der Waals surface area contributed by atoms with Gasteiger partial charge in [-0.2, -0.15) is 0 Å². The van der Waals surface area contributed by atoms with Gasteiger partial charge in [0.15, 0.2) is 0 Å². The Kier molecular flexibility index (Phi) is 5.84. The van der Waals surface area contributed by atoms with Crippen molar-refractivity contribution in [2.24, 2.45) is 5.73 Å². The highest BCUT2D eigenvalue weighted by molar-refractivity contribution is 5.82. The third-order valence-electron chi connectivity index (χ3n) is 5.21. The lowest BCUT2D eigenvalue weighted by Crippen LogP contribution is -2.37. The number of nitrogens with one attached hydrogen (secondary N) is 1. The molecule has 146 valence electrons. The molecule has 0 aliphatic carbocycles. The van der Waals surface area contributed by atoms with Crippen molar-refractivity contribution in [3.8, 4) is 5.69 Å². The molecule has 1 aromatic heterocycles. The zero-order valence-corrected chi connectivity index (χ0v) is 16.3. The van der Waals surface area contributed by atoms with Crippen LogP contribution in [0.5, 0.6) is 0 Å². The Morgan fingerprint density at radius 3 is 2.31 bits per heavy atom. The molecule has 3 N–H and O–H groups in total. The zero-order valence-electron chi connectivity index (χ0n) is 16.3. The van der Waals surface area contributed by atoms with E-state index in [1.165, 1.54) is 21.9 Å². The van der Waals surface area contributed by atoms with Crippen molar-refractivity contribution in [1.82, 2.24) is 9.88 Å². The average molecular weight is 383 g/mol. The van der Waals surface area contributed by atoms with Crippen LogP contribution in [0.4, 0.5) is 0 Å². The van der Waals surface area contributed by atoms with Crippen LogP contribution in [-0.2, 0) is 13.0 Å². The second-order valence-corrected chi connectivity index (χ2v) is 7.27. The standard InChI is InChI=1S/C25H25N3O/c26-17-23(27-18-20-8-11-21-5-1-2-6-22(21)15-20)16-19-9-12-24(13-10-19)28-14-4-3-7-25(28)29/h1-15,23,27H,16-18,26H2. The maximum absolute atomic E-state index is 12.0. The summed E-state index contributed by atoms with van der Waals surface area (Å²) < 4.78 is 1.64. The summed E-state index contributed by atoms with van der Waals surface area (Å²) in [6.45, 7) is 1.34. The molecule has 1 atom stereocenters. The van der Waals surface area contributed by atoms with Crippen molar-refractivity contribution in [3.05, 3.63) is 113 Å². The van der Waals surface area contributed by atoms with E-state index >= 15 is 0 Å². The highest BCUT2D eigenvalue weighted by Crippen LogP contribution is 2.16. The summed E-state index contributed by atoms with van der Waals surface area (Å²) in [6, 6.07) is 28.4. The molecule has 0 saturated heterocycles. The predicted octanol–water partition coefficient (Wildman–Crippen LogP) is 3.65. The van der Waals surface area contributed by atoms with E-state index in [0.29, 0.717) is 6.54 Å². The Balaban J connectivity index is 1.40. The third kappa shape index (κ3) is 4.62. The van der Waals surface area contributed by atoms with E-state index in [9.17, 15) is 4.79 Å². The minimum absolute atomic E-state index is 0.0304. The van der Waals surface area contributed by atoms with Gasteiger partial charge in [0.05, 0.1) is 0 Å². The molecule has 0 fully saturated rings. The van der Waals surface area contributed by atoms with Crippen molar-refractivity contribution in [3.63, 3.8) is 0 Å². The molecular weight excluding hydrogens is 358 g/mol. The Labute approximate surface area is 170 Å². The highest BCUT2D eigenvalue weighted by Gasteiger charge is 2.08. The predicted molar refractivity (Wildman–Crippen MR) is 119 cm³/mol. The van der Waals surface area contributed by atoms with E-state index in [0.717, 1.165) is 18.7 Å². The van der Waals surface area contributed by atoms with E-state index in [4.69, 9.17) is 5.73 Å². The van der Waals surface area contributed by atoms with Crippen LogP contribution in [-0.4, -0.2) is 17.2 Å². The molecule has 0 saturated carbocycles. The Hall–Kier alpha value is -3.21. The Bertz CT molecular complexity index is 1150. The first kappa shape index (κ1) is 19.1. The lowest BCUT2D eigenvalue weighted by atomic mass is 10.0. The van der Waals surface area contributed by atoms with Gasteiger partial charge < -0.3 is 11.1 Å². The number of benzene rings is 3. The Morgan fingerprint density at radius 1 is 0.828 bits per heavy atom. The van der Waals surface area contributed by atoms with Crippen molar-refractivity contribution in [2.45, 2.75) is 19.0 Å². The summed E-state index contributed by atoms with van der Waals surface area (Å²) in [7, 11) is 0. The van der Waals surface area contributed by atoms with Crippen LogP contribution in [0.1, 0.15) is 11.1 Å². The summed E-state index contributed by atoms with van der Waals surface area (Å²) in [6.07, 6.45) is 2.62. The molecule has 29 heavy (non-hydrogen) atoms. The largest absolute Gasteiger partial charge is 0.329 e. The molecule has 3 aromatic carbocycles. The Morgan fingerprint density at radius 2 is 1.55 bits per heavy atom. The maximum atomic E-state index is 12.0. The van der Waals surface area contributed by atoms with Gasteiger partial charge in [0, 0.05) is 37.1 Å². The van der Waals surface area contributed by atoms with Gasteiger partial charge >= 0.3 is 0 Å². The number of nitrogens with zero attached hydrogens (tertiary/aromatic N) is 1. The molecule has 0 bridgehead atoms. The number of fused-ring (bicyclic) bond motifs is 1. The van der Waals surface area contributed by atoms with Gasteiger partial charge in [0.2, 0.25) is 0 Å². The van der Waals surface area contributed by atoms with Crippen molar-refractivity contribution in [1.29, 1.82) is 0 Å². The minimum Gasteiger partial charge on any atom is -0.329 e. The van der Waals surface area contributed by atoms with Crippen LogP contribution >= 0.6 is 0 Å². The normalized spacial score (nSPS) is 12.2. The second kappa shape index (κ2) is 8.86. The number of hydrogen-bond acceptors (Lipinski definition) is 3. The van der Waals surface area contributed by atoms with Gasteiger partial charge in [-0.15, -0.1) is 0 Å². The average Bonchev–Trinajstić information content (AvgIpc) is 2.77. The van der Waals surface area contributed by atoms with E-state index in [1.54, 1.807) is 22.9 Å². The SMILES string of the molecule is NCC(Cc1ccc(-n2ccccc2=O)cc1)NCc1ccc2ccccc2c1. The van der Waals surface area contributed by atoms with Gasteiger partial charge in [-0.1, -0.05) is 54.6 Å². The fraction of sp³-hybridized carbons (Fsp3) is 0.160. The molecule has 0 radical (unpaired) electrons. The van der Waals surface area contributed by atoms with Crippen LogP contribution in [0.2, 0.25) is 0 Å². The first-order valence-corrected chi connectivity index (χ1v) is 9.91. The molecule has 1 heterocycles. The van der Waals surface area contributed by atoms with Gasteiger partial charge in [-0.05, 0) is 52.6 Å². The monoisotopic (exact) mass is 383 g/mol. The molecule has 4 rings (SSSR count). The fourth-order valence-electron chi connectivity index (χ4n) is 3.57. The topological polar surface area (TPSA) is 60.0 Å². The van der Waals surface area contributed by atoms with Gasteiger partial charge in [0.25, 0.3) is 5.56 Å². The van der Waals surface area contributed by atoms with Crippen LogP contribution in [0.15, 0.2) is 95.9 Å². The van der Waals surface area contributed by atoms with Gasteiger partial charge in [-0.25, -0.2) is 0 Å². The van der Waals surface area contributed by atoms with E-state index in [2.05, 4.69) is 59.9 Å². The maximum Gasteiger partial charge on any atom is 0.255 e. The van der Waals surface area contributed by atoms with Crippen LogP contribution in [0, 0.1) is 0 Å². The lowest BCUT2D eigenvalue weighted by molar-refractivity contribution is 0.516. The second-order valence-electron chi connectivity index (χ2n) is 7.27. The van der Waals surface area contributed by atoms with Crippen LogP contribution in [0.25, 0.3) is 16.5 Å². The molecular formula is C25H25N3O. The van der Waals surface area contributed by atoms with E-state index < -0.39 is 0 Å². The number of pyridine rings is 1. The first-order chi connectivity index (χ1) is 14.2. The summed E-state index contributed by atoms with van der Waals surface area (Å²) >= 11 is 0. The van der Waals surface area contributed by atoms with Gasteiger partial charge in [0.1, 0.15) is 0 Å². The first-order valence-electron chi connectivity index (χ1n) is 9.91. The molecule has 4 aromatic rings. The van der Waals surface area contributed by atoms with Crippen LogP contribution in [0.3, 0.4) is 0 Å². The smallest absolute Gasteiger partial charge is 0.255 e. The zero-order chi connectivity index (χ0) is 20.1. The van der Waals surface area contributed by atoms with Gasteiger partial charge in [-0.3, -0.25) is 9.36 Å². The summed E-state index contributed by atoms with van der Waals surface area (Å²) in [4.78, 5) is 12.0. The molecule has 4 nitrogen and oxygen atoms in total. The van der Waals surface area contributed by atoms with Crippen molar-refractivity contribution >= 4 is 10.8 Å². The summed E-state index contributed by atoms with van der Waals surface area (Å²) in [5, 5.41) is 6.08. The molecule has 0 aliphatic heterocycles. The molecule has 0 spiro atoms. The molecule has 0 aliphatic rings. The number of rotatable bonds is 7. The number of nitrogens with two attached hydrogens (primary N) is 1. The number of aromatic nitrogens is 1. The molecule has 1 unspecified atom stereocenters. The van der Waals surface area contributed by atoms with E-state index in [1.807, 2.05) is 18.2 Å². The third-order valence-corrected chi connectivity index (χ3v) is 5.21.